The number of benzene rings is 2. The number of carbonyl (C=O) groups is 2. The van der Waals surface area contributed by atoms with Crippen LogP contribution in [0.4, 0.5) is 29.5 Å². The molecule has 3 rings (SSSR count). The molecule has 1 aromatic heterocycles. The summed E-state index contributed by atoms with van der Waals surface area (Å²) in [4.78, 5) is 24.2. The van der Waals surface area contributed by atoms with Gasteiger partial charge < -0.3 is 16.0 Å². The van der Waals surface area contributed by atoms with Crippen LogP contribution in [-0.4, -0.2) is 28.3 Å². The topological polar surface area (TPSA) is 88.0 Å². The normalized spacial score (nSPS) is 11.2. The third-order valence-corrected chi connectivity index (χ3v) is 4.59. The molecule has 0 atom stereocenters. The van der Waals surface area contributed by atoms with Gasteiger partial charge in [-0.3, -0.25) is 4.79 Å². The third-order valence-electron chi connectivity index (χ3n) is 4.27. The van der Waals surface area contributed by atoms with Gasteiger partial charge in [0, 0.05) is 24.7 Å². The second-order valence-electron chi connectivity index (χ2n) is 6.79. The van der Waals surface area contributed by atoms with Gasteiger partial charge in [0.25, 0.3) is 0 Å². The number of carbonyl (C=O) groups excluding carboxylic acids is 2. The van der Waals surface area contributed by atoms with E-state index in [9.17, 15) is 22.8 Å². The molecule has 3 amide bonds. The summed E-state index contributed by atoms with van der Waals surface area (Å²) in [6, 6.07) is 12.7. The Morgan fingerprint density at radius 3 is 2.47 bits per heavy atom. The van der Waals surface area contributed by atoms with Crippen LogP contribution in [0.3, 0.4) is 0 Å². The van der Waals surface area contributed by atoms with Gasteiger partial charge in [-0.1, -0.05) is 29.8 Å². The molecule has 7 nitrogen and oxygen atoms in total. The summed E-state index contributed by atoms with van der Waals surface area (Å²) in [7, 11) is 0. The molecule has 11 heteroatoms. The van der Waals surface area contributed by atoms with E-state index in [1.807, 2.05) is 6.07 Å². The predicted octanol–water partition coefficient (Wildman–Crippen LogP) is 5.00. The largest absolute Gasteiger partial charge is 0.416 e. The smallest absolute Gasteiger partial charge is 0.337 e. The molecule has 0 radical (unpaired) electrons. The monoisotopic (exact) mass is 465 g/mol. The molecule has 0 aliphatic heterocycles. The van der Waals surface area contributed by atoms with Crippen molar-refractivity contribution in [1.82, 2.24) is 15.1 Å². The number of aryl methyl sites for hydroxylation is 1. The van der Waals surface area contributed by atoms with Gasteiger partial charge in [-0.05, 0) is 37.3 Å². The van der Waals surface area contributed by atoms with Crippen molar-refractivity contribution in [3.05, 3.63) is 70.9 Å². The van der Waals surface area contributed by atoms with E-state index in [0.717, 1.165) is 22.9 Å². The summed E-state index contributed by atoms with van der Waals surface area (Å²) in [5.41, 5.74) is 0.155. The third kappa shape index (κ3) is 6.01. The number of aromatic nitrogens is 2. The van der Waals surface area contributed by atoms with E-state index < -0.39 is 23.7 Å². The first-order chi connectivity index (χ1) is 15.1. The molecule has 2 aromatic carbocycles. The van der Waals surface area contributed by atoms with Crippen molar-refractivity contribution in [3.8, 4) is 5.69 Å². The maximum Gasteiger partial charge on any atom is 0.416 e. The summed E-state index contributed by atoms with van der Waals surface area (Å²) < 4.78 is 40.4. The number of urea groups is 1. The summed E-state index contributed by atoms with van der Waals surface area (Å²) in [5, 5.41) is 11.9. The van der Waals surface area contributed by atoms with E-state index in [0.29, 0.717) is 11.4 Å². The van der Waals surface area contributed by atoms with E-state index in [2.05, 4.69) is 21.0 Å². The number of para-hydroxylation sites is 1. The van der Waals surface area contributed by atoms with Gasteiger partial charge >= 0.3 is 12.2 Å². The molecular formula is C21H19ClF3N5O2. The zero-order chi connectivity index (χ0) is 23.3. The summed E-state index contributed by atoms with van der Waals surface area (Å²) in [6.45, 7) is 1.67. The Labute approximate surface area is 186 Å². The average molecular weight is 466 g/mol. The Morgan fingerprint density at radius 1 is 1.06 bits per heavy atom. The summed E-state index contributed by atoms with van der Waals surface area (Å²) in [6.07, 6.45) is -4.63. The fraction of sp³-hybridized carbons (Fsp3) is 0.190. The van der Waals surface area contributed by atoms with Crippen LogP contribution in [0.5, 0.6) is 0 Å². The molecule has 32 heavy (non-hydrogen) atoms. The minimum absolute atomic E-state index is 0.0229. The van der Waals surface area contributed by atoms with E-state index in [-0.39, 0.29) is 29.5 Å². The van der Waals surface area contributed by atoms with Crippen LogP contribution in [0.1, 0.15) is 17.7 Å². The molecular weight excluding hydrogens is 447 g/mol. The van der Waals surface area contributed by atoms with Crippen molar-refractivity contribution in [1.29, 1.82) is 0 Å². The van der Waals surface area contributed by atoms with Crippen molar-refractivity contribution < 1.29 is 22.8 Å². The molecule has 0 aliphatic rings. The summed E-state index contributed by atoms with van der Waals surface area (Å²) >= 11 is 6.09. The number of anilines is 2. The van der Waals surface area contributed by atoms with Crippen LogP contribution in [0.2, 0.25) is 5.02 Å². The number of halogens is 4. The van der Waals surface area contributed by atoms with Gasteiger partial charge in [0.1, 0.15) is 5.82 Å². The molecule has 3 aromatic rings. The molecule has 1 heterocycles. The van der Waals surface area contributed by atoms with Crippen LogP contribution in [0.15, 0.2) is 54.6 Å². The first-order valence-electron chi connectivity index (χ1n) is 9.47. The SMILES string of the molecule is Cc1cc(NC(=O)CCNC(=O)Nc2ccccc2)n(-c2cc(C(F)(F)F)ccc2Cl)n1. The van der Waals surface area contributed by atoms with Crippen molar-refractivity contribution in [3.63, 3.8) is 0 Å². The minimum atomic E-state index is -4.56. The highest BCUT2D eigenvalue weighted by atomic mass is 35.5. The lowest BCUT2D eigenvalue weighted by atomic mass is 10.2. The number of hydrogen-bond acceptors (Lipinski definition) is 3. The Kier molecular flexibility index (Phi) is 7.04. The maximum absolute atomic E-state index is 13.1. The maximum atomic E-state index is 13.1. The Bertz CT molecular complexity index is 1120. The number of hydrogen-bond donors (Lipinski definition) is 3. The molecule has 0 fully saturated rings. The first-order valence-corrected chi connectivity index (χ1v) is 9.85. The van der Waals surface area contributed by atoms with Crippen LogP contribution in [0, 0.1) is 6.92 Å². The molecule has 3 N–H and O–H groups in total. The highest BCUT2D eigenvalue weighted by Gasteiger charge is 2.31. The van der Waals surface area contributed by atoms with Crippen LogP contribution in [-0.2, 0) is 11.0 Å². The van der Waals surface area contributed by atoms with Crippen LogP contribution < -0.4 is 16.0 Å². The van der Waals surface area contributed by atoms with E-state index >= 15 is 0 Å². The highest BCUT2D eigenvalue weighted by Crippen LogP contribution is 2.34. The van der Waals surface area contributed by atoms with Gasteiger partial charge in [-0.2, -0.15) is 18.3 Å². The molecule has 0 saturated heterocycles. The van der Waals surface area contributed by atoms with E-state index in [1.165, 1.54) is 6.07 Å². The molecule has 0 unspecified atom stereocenters. The Hall–Kier alpha value is -3.53. The quantitative estimate of drug-likeness (QED) is 0.478. The van der Waals surface area contributed by atoms with Crippen molar-refractivity contribution >= 4 is 35.0 Å². The van der Waals surface area contributed by atoms with Crippen molar-refractivity contribution in [2.24, 2.45) is 0 Å². The van der Waals surface area contributed by atoms with Crippen molar-refractivity contribution in [2.45, 2.75) is 19.5 Å². The van der Waals surface area contributed by atoms with E-state index in [4.69, 9.17) is 11.6 Å². The standard InChI is InChI=1S/C21H19ClF3N5O2/c1-13-11-18(30(29-13)17-12-14(21(23,24)25)7-8-16(17)22)28-19(31)9-10-26-20(32)27-15-5-3-2-4-6-15/h2-8,11-12H,9-10H2,1H3,(H,28,31)(H2,26,27,32). The van der Waals surface area contributed by atoms with Gasteiger partial charge in [0.2, 0.25) is 5.91 Å². The highest BCUT2D eigenvalue weighted by molar-refractivity contribution is 6.32. The number of amides is 3. The molecule has 0 spiro atoms. The Morgan fingerprint density at radius 2 is 1.78 bits per heavy atom. The zero-order valence-electron chi connectivity index (χ0n) is 16.8. The second-order valence-corrected chi connectivity index (χ2v) is 7.20. The molecule has 168 valence electrons. The molecule has 0 aliphatic carbocycles. The minimum Gasteiger partial charge on any atom is -0.337 e. The lowest BCUT2D eigenvalue weighted by Crippen LogP contribution is -2.31. The zero-order valence-corrected chi connectivity index (χ0v) is 17.6. The van der Waals surface area contributed by atoms with E-state index in [1.54, 1.807) is 31.2 Å². The summed E-state index contributed by atoms with van der Waals surface area (Å²) in [5.74, 6) is -0.309. The lowest BCUT2D eigenvalue weighted by Gasteiger charge is -2.13. The molecule has 0 saturated carbocycles. The van der Waals surface area contributed by atoms with Gasteiger partial charge in [-0.15, -0.1) is 0 Å². The fourth-order valence-corrected chi connectivity index (χ4v) is 3.01. The second kappa shape index (κ2) is 9.73. The first kappa shape index (κ1) is 23.1. The van der Waals surface area contributed by atoms with Gasteiger partial charge in [0.05, 0.1) is 22.0 Å². The number of nitrogens with one attached hydrogen (secondary N) is 3. The predicted molar refractivity (Wildman–Crippen MR) is 115 cm³/mol. The number of nitrogens with zero attached hydrogens (tertiary/aromatic N) is 2. The lowest BCUT2D eigenvalue weighted by molar-refractivity contribution is -0.137. The average Bonchev–Trinajstić information content (AvgIpc) is 3.07. The van der Waals surface area contributed by atoms with Crippen LogP contribution >= 0.6 is 11.6 Å². The van der Waals surface area contributed by atoms with Gasteiger partial charge in [-0.25, -0.2) is 9.48 Å². The fourth-order valence-electron chi connectivity index (χ4n) is 2.82. The Balaban J connectivity index is 1.64. The van der Waals surface area contributed by atoms with Gasteiger partial charge in [0.15, 0.2) is 0 Å². The number of alkyl halides is 3. The number of rotatable bonds is 6. The molecule has 0 bridgehead atoms. The van der Waals surface area contributed by atoms with Crippen LogP contribution in [0.25, 0.3) is 5.69 Å². The van der Waals surface area contributed by atoms with Crippen molar-refractivity contribution in [2.75, 3.05) is 17.2 Å².